The van der Waals surface area contributed by atoms with E-state index < -0.39 is 12.0 Å². The zero-order valence-electron chi connectivity index (χ0n) is 19.9. The number of nitrogens with one attached hydrogen (secondary N) is 2. The summed E-state index contributed by atoms with van der Waals surface area (Å²) in [6.07, 6.45) is 3.86. The van der Waals surface area contributed by atoms with Crippen molar-refractivity contribution in [3.63, 3.8) is 0 Å². The van der Waals surface area contributed by atoms with Gasteiger partial charge in [-0.25, -0.2) is 9.59 Å². The minimum atomic E-state index is -0.962. The first-order valence-corrected chi connectivity index (χ1v) is 11.9. The Hall–Kier alpha value is -4.17. The fourth-order valence-electron chi connectivity index (χ4n) is 4.51. The molecule has 5 rings (SSSR count). The lowest BCUT2D eigenvalue weighted by atomic mass is 10.0. The fourth-order valence-corrected chi connectivity index (χ4v) is 4.51. The number of hydrogen-bond acceptors (Lipinski definition) is 4. The minimum absolute atomic E-state index is 0. The van der Waals surface area contributed by atoms with Crippen LogP contribution in [0, 0.1) is 0 Å². The quantitative estimate of drug-likeness (QED) is 0.353. The minimum Gasteiger partial charge on any atom is -0.478 e. The van der Waals surface area contributed by atoms with Crippen molar-refractivity contribution < 1.29 is 19.5 Å². The molecule has 1 heterocycles. The average Bonchev–Trinajstić information content (AvgIpc) is 3.60. The molecule has 8 heteroatoms. The molecule has 0 unspecified atom stereocenters. The molecule has 1 aliphatic carbocycles. The molecule has 0 aromatic heterocycles. The third-order valence-corrected chi connectivity index (χ3v) is 6.64. The molecule has 8 nitrogen and oxygen atoms in total. The van der Waals surface area contributed by atoms with Crippen LogP contribution in [0.2, 0.25) is 0 Å². The van der Waals surface area contributed by atoms with Gasteiger partial charge in [-0.1, -0.05) is 36.4 Å². The van der Waals surface area contributed by atoms with Crippen LogP contribution in [-0.2, 0) is 4.79 Å². The first kappa shape index (κ1) is 24.9. The van der Waals surface area contributed by atoms with Crippen LogP contribution in [0.25, 0.3) is 11.1 Å². The largest absolute Gasteiger partial charge is 0.478 e. The van der Waals surface area contributed by atoms with E-state index in [9.17, 15) is 14.4 Å². The molecule has 186 valence electrons. The molecule has 1 saturated carbocycles. The van der Waals surface area contributed by atoms with Crippen LogP contribution in [-0.4, -0.2) is 40.5 Å². The summed E-state index contributed by atoms with van der Waals surface area (Å²) in [5, 5.41) is 14.9. The maximum atomic E-state index is 13.0. The molecule has 0 spiro atoms. The predicted molar refractivity (Wildman–Crippen MR) is 140 cm³/mol. The number of carboxylic acid groups (broad SMARTS) is 1. The standard InChI is InChI=1S/C28H27N3O4.H3N/c32-26(29-23-13-9-20(10-14-23)19-5-7-22(8-6-19)27(33)34)25-2-1-17-31(25)28(35)30-24-15-11-21(12-16-24)18-3-4-18;/h5-16,18,25H,1-4,17H2,(H,29,32)(H,30,35)(H,33,34);1H3/t25-;/m1./s1. The summed E-state index contributed by atoms with van der Waals surface area (Å²) in [4.78, 5) is 38.5. The molecular formula is C28H30N4O4. The molecule has 3 amide bonds. The monoisotopic (exact) mass is 486 g/mol. The van der Waals surface area contributed by atoms with E-state index in [2.05, 4.69) is 22.8 Å². The Labute approximate surface area is 209 Å². The number of urea groups is 1. The van der Waals surface area contributed by atoms with Gasteiger partial charge in [0.05, 0.1) is 5.56 Å². The molecule has 0 radical (unpaired) electrons. The summed E-state index contributed by atoms with van der Waals surface area (Å²) in [6.45, 7) is 0.537. The van der Waals surface area contributed by atoms with Crippen LogP contribution >= 0.6 is 0 Å². The Morgan fingerprint density at radius 2 is 1.31 bits per heavy atom. The smallest absolute Gasteiger partial charge is 0.335 e. The van der Waals surface area contributed by atoms with Crippen molar-refractivity contribution in [1.29, 1.82) is 0 Å². The van der Waals surface area contributed by atoms with Crippen molar-refractivity contribution in [3.05, 3.63) is 83.9 Å². The molecule has 1 aliphatic heterocycles. The maximum absolute atomic E-state index is 13.0. The van der Waals surface area contributed by atoms with Crippen LogP contribution in [0.5, 0.6) is 0 Å². The number of carboxylic acids is 1. The second-order valence-corrected chi connectivity index (χ2v) is 9.13. The van der Waals surface area contributed by atoms with E-state index in [-0.39, 0.29) is 23.7 Å². The second kappa shape index (κ2) is 10.6. The van der Waals surface area contributed by atoms with Crippen molar-refractivity contribution >= 4 is 29.3 Å². The third-order valence-electron chi connectivity index (χ3n) is 6.64. The molecule has 0 bridgehead atoms. The van der Waals surface area contributed by atoms with E-state index in [1.165, 1.54) is 18.4 Å². The van der Waals surface area contributed by atoms with Crippen molar-refractivity contribution in [2.45, 2.75) is 37.6 Å². The highest BCUT2D eigenvalue weighted by atomic mass is 16.4. The van der Waals surface area contributed by atoms with Crippen molar-refractivity contribution in [2.75, 3.05) is 17.2 Å². The maximum Gasteiger partial charge on any atom is 0.335 e. The van der Waals surface area contributed by atoms with E-state index in [0.717, 1.165) is 23.2 Å². The van der Waals surface area contributed by atoms with Gasteiger partial charge in [0, 0.05) is 17.9 Å². The highest BCUT2D eigenvalue weighted by Crippen LogP contribution is 2.40. The number of amides is 3. The summed E-state index contributed by atoms with van der Waals surface area (Å²) in [5.74, 6) is -0.506. The van der Waals surface area contributed by atoms with E-state index in [0.29, 0.717) is 24.6 Å². The number of rotatable bonds is 6. The lowest BCUT2D eigenvalue weighted by molar-refractivity contribution is -0.119. The van der Waals surface area contributed by atoms with Gasteiger partial charge in [-0.3, -0.25) is 4.79 Å². The lowest BCUT2D eigenvalue weighted by Gasteiger charge is -2.24. The zero-order valence-corrected chi connectivity index (χ0v) is 19.9. The van der Waals surface area contributed by atoms with Gasteiger partial charge in [0.2, 0.25) is 5.91 Å². The third kappa shape index (κ3) is 5.55. The van der Waals surface area contributed by atoms with E-state index >= 15 is 0 Å². The number of likely N-dealkylation sites (tertiary alicyclic amines) is 1. The summed E-state index contributed by atoms with van der Waals surface area (Å²) < 4.78 is 0. The molecule has 1 saturated heterocycles. The number of carbonyl (C=O) groups excluding carboxylic acids is 2. The van der Waals surface area contributed by atoms with Crippen molar-refractivity contribution in [2.24, 2.45) is 0 Å². The predicted octanol–water partition coefficient (Wildman–Crippen LogP) is 5.73. The number of carbonyl (C=O) groups is 3. The van der Waals surface area contributed by atoms with Gasteiger partial charge in [-0.05, 0) is 84.7 Å². The Morgan fingerprint density at radius 3 is 1.89 bits per heavy atom. The number of hydrogen-bond donors (Lipinski definition) is 4. The van der Waals surface area contributed by atoms with Gasteiger partial charge in [-0.2, -0.15) is 0 Å². The number of aromatic carboxylic acids is 1. The fraction of sp³-hybridized carbons (Fsp3) is 0.250. The Bertz CT molecular complexity index is 1240. The molecular weight excluding hydrogens is 456 g/mol. The Morgan fingerprint density at radius 1 is 0.750 bits per heavy atom. The van der Waals surface area contributed by atoms with E-state index in [4.69, 9.17) is 5.11 Å². The normalized spacial score (nSPS) is 16.7. The highest BCUT2D eigenvalue weighted by molar-refractivity contribution is 5.99. The number of anilines is 2. The van der Waals surface area contributed by atoms with Crippen LogP contribution in [0.3, 0.4) is 0 Å². The topological polar surface area (TPSA) is 134 Å². The summed E-state index contributed by atoms with van der Waals surface area (Å²) >= 11 is 0. The van der Waals surface area contributed by atoms with Gasteiger partial charge in [0.15, 0.2) is 0 Å². The van der Waals surface area contributed by atoms with Gasteiger partial charge in [0.25, 0.3) is 0 Å². The summed E-state index contributed by atoms with van der Waals surface area (Å²) in [5.41, 5.74) is 4.72. The van der Waals surface area contributed by atoms with Crippen LogP contribution in [0.15, 0.2) is 72.8 Å². The van der Waals surface area contributed by atoms with Crippen LogP contribution < -0.4 is 16.8 Å². The average molecular weight is 487 g/mol. The molecule has 36 heavy (non-hydrogen) atoms. The summed E-state index contributed by atoms with van der Waals surface area (Å²) in [6, 6.07) is 21.2. The van der Waals surface area contributed by atoms with E-state index in [1.54, 1.807) is 41.3 Å². The molecule has 2 fully saturated rings. The summed E-state index contributed by atoms with van der Waals surface area (Å²) in [7, 11) is 0. The van der Waals surface area contributed by atoms with Crippen molar-refractivity contribution in [1.82, 2.24) is 11.1 Å². The number of nitrogens with zero attached hydrogens (tertiary/aromatic N) is 1. The number of benzene rings is 3. The van der Waals surface area contributed by atoms with Gasteiger partial charge in [0.1, 0.15) is 6.04 Å². The zero-order chi connectivity index (χ0) is 24.4. The van der Waals surface area contributed by atoms with Gasteiger partial charge >= 0.3 is 12.0 Å². The van der Waals surface area contributed by atoms with Crippen molar-refractivity contribution in [3.8, 4) is 11.1 Å². The molecule has 2 aliphatic rings. The first-order valence-electron chi connectivity index (χ1n) is 11.9. The van der Waals surface area contributed by atoms with E-state index in [1.807, 2.05) is 24.3 Å². The molecule has 1 atom stereocenters. The molecule has 6 N–H and O–H groups in total. The van der Waals surface area contributed by atoms with Gasteiger partial charge < -0.3 is 26.8 Å². The highest BCUT2D eigenvalue weighted by Gasteiger charge is 2.34. The first-order chi connectivity index (χ1) is 17.0. The lowest BCUT2D eigenvalue weighted by Crippen LogP contribution is -2.45. The Kier molecular flexibility index (Phi) is 7.36. The Balaban J connectivity index is 0.00000304. The SMILES string of the molecule is N.O=C(O)c1ccc(-c2ccc(NC(=O)[C@H]3CCCN3C(=O)Nc3ccc(C4CC4)cc3)cc2)cc1. The molecule has 3 aromatic carbocycles. The molecule has 3 aromatic rings. The van der Waals surface area contributed by atoms with Crippen LogP contribution in [0.1, 0.15) is 47.5 Å². The van der Waals surface area contributed by atoms with Gasteiger partial charge in [-0.15, -0.1) is 0 Å². The van der Waals surface area contributed by atoms with Crippen LogP contribution in [0.4, 0.5) is 16.2 Å². The second-order valence-electron chi connectivity index (χ2n) is 9.13.